The molecule has 3 aromatic heterocycles. The number of imidazole rings is 1. The third-order valence-corrected chi connectivity index (χ3v) is 7.21. The number of hydrogen-bond acceptors (Lipinski definition) is 10. The van der Waals surface area contributed by atoms with Crippen molar-refractivity contribution in [2.75, 3.05) is 26.4 Å². The standard InChI is InChI=1S/C18H22N4O4.C12H17N3O4.CH4/c1-3-26-17-19-15-14(22(17)12-13-8-5-4-6-9-13)16(24)21(10-7-11-23)18(25)20(15)2;1-3-19-9-7-8-10(13-9)14(2)12(18)15(11(8)17)5-4-6-16;/h4-6,8-9,23H,3,7,10-12H2,1-2H3;16H,3-7H2,1-2H3;1H4. The fourth-order valence-electron chi connectivity index (χ4n) is 5.03. The van der Waals surface area contributed by atoms with Crippen molar-refractivity contribution in [1.29, 1.82) is 0 Å². The zero-order chi connectivity index (χ0) is 32.7. The number of aryl methyl sites for hydroxylation is 1. The minimum atomic E-state index is -0.455. The van der Waals surface area contributed by atoms with Crippen molar-refractivity contribution in [3.63, 3.8) is 0 Å². The molecular formula is C31H43N7O8. The molecule has 0 amide bonds. The number of aromatic nitrogens is 6. The molecule has 250 valence electrons. The number of aliphatic hydroxyl groups excluding tert-OH is 2. The van der Waals surface area contributed by atoms with Crippen LogP contribution in [0.3, 0.4) is 0 Å². The molecule has 2 N–H and O–H groups in total. The first-order chi connectivity index (χ1) is 21.7. The lowest BCUT2D eigenvalue weighted by Gasteiger charge is -2.10. The van der Waals surface area contributed by atoms with Gasteiger partial charge in [0.15, 0.2) is 17.1 Å². The van der Waals surface area contributed by atoms with Crippen LogP contribution in [0.5, 0.6) is 6.01 Å². The van der Waals surface area contributed by atoms with Gasteiger partial charge in [0.2, 0.25) is 0 Å². The number of benzene rings is 1. The fourth-order valence-corrected chi connectivity index (χ4v) is 5.03. The van der Waals surface area contributed by atoms with E-state index in [2.05, 4.69) is 9.98 Å². The molecule has 0 saturated carbocycles. The topological polar surface area (TPSA) is 177 Å². The normalized spacial score (nSPS) is 11.8. The van der Waals surface area contributed by atoms with Crippen LogP contribution in [0.4, 0.5) is 5.82 Å². The van der Waals surface area contributed by atoms with Crippen molar-refractivity contribution in [2.45, 2.75) is 60.2 Å². The molecule has 5 rings (SSSR count). The predicted octanol–water partition coefficient (Wildman–Crippen LogP) is 0.914. The van der Waals surface area contributed by atoms with E-state index in [1.807, 2.05) is 44.2 Å². The molecule has 0 saturated heterocycles. The van der Waals surface area contributed by atoms with Gasteiger partial charge in [-0.3, -0.25) is 32.4 Å². The van der Waals surface area contributed by atoms with Crippen LogP contribution in [0.25, 0.3) is 11.2 Å². The molecule has 4 aromatic rings. The molecule has 0 unspecified atom stereocenters. The van der Waals surface area contributed by atoms with Gasteiger partial charge in [-0.25, -0.2) is 9.59 Å². The van der Waals surface area contributed by atoms with Crippen molar-refractivity contribution in [3.05, 3.63) is 83.1 Å². The number of ether oxygens (including phenoxy) is 2. The van der Waals surface area contributed by atoms with Gasteiger partial charge in [0.1, 0.15) is 5.82 Å². The molecule has 15 heteroatoms. The molecule has 0 aliphatic carbocycles. The highest BCUT2D eigenvalue weighted by molar-refractivity contribution is 5.86. The first-order valence-corrected chi connectivity index (χ1v) is 14.8. The highest BCUT2D eigenvalue weighted by atomic mass is 16.5. The minimum absolute atomic E-state index is 0. The highest BCUT2D eigenvalue weighted by Crippen LogP contribution is 2.22. The van der Waals surface area contributed by atoms with Gasteiger partial charge in [-0.1, -0.05) is 37.8 Å². The molecule has 1 aromatic carbocycles. The average molecular weight is 642 g/mol. The van der Waals surface area contributed by atoms with Gasteiger partial charge in [-0.2, -0.15) is 9.98 Å². The predicted molar refractivity (Wildman–Crippen MR) is 174 cm³/mol. The van der Waals surface area contributed by atoms with E-state index in [0.29, 0.717) is 73.5 Å². The number of fused-ring (bicyclic) bond motifs is 2. The van der Waals surface area contributed by atoms with Crippen LogP contribution in [0, 0.1) is 0 Å². The number of rotatable bonds is 11. The summed E-state index contributed by atoms with van der Waals surface area (Å²) < 4.78 is 17.6. The van der Waals surface area contributed by atoms with Crippen molar-refractivity contribution in [1.82, 2.24) is 27.8 Å². The maximum absolute atomic E-state index is 13.0. The summed E-state index contributed by atoms with van der Waals surface area (Å²) in [6, 6.07) is 9.97. The zero-order valence-corrected chi connectivity index (χ0v) is 25.9. The Labute approximate surface area is 265 Å². The van der Waals surface area contributed by atoms with Gasteiger partial charge in [0.05, 0.1) is 31.7 Å². The quantitative estimate of drug-likeness (QED) is 0.241. The Kier molecular flexibility index (Phi) is 12.4. The van der Waals surface area contributed by atoms with Gasteiger partial charge in [0, 0.05) is 40.4 Å². The molecular weight excluding hydrogens is 598 g/mol. The molecule has 15 nitrogen and oxygen atoms in total. The van der Waals surface area contributed by atoms with E-state index in [1.54, 1.807) is 18.7 Å². The summed E-state index contributed by atoms with van der Waals surface area (Å²) in [4.78, 5) is 58.3. The second-order valence-electron chi connectivity index (χ2n) is 10.2. The molecule has 0 fully saturated rings. The average Bonchev–Trinajstić information content (AvgIpc) is 3.62. The summed E-state index contributed by atoms with van der Waals surface area (Å²) in [6.07, 6.45) is 1.01. The molecule has 0 spiro atoms. The maximum atomic E-state index is 13.0. The number of aliphatic imine (C=N–C) groups is 1. The lowest BCUT2D eigenvalue weighted by atomic mass is 10.2. The first kappa shape index (κ1) is 35.7. The van der Waals surface area contributed by atoms with E-state index in [0.717, 1.165) is 14.7 Å². The Morgan fingerprint density at radius 2 is 1.39 bits per heavy atom. The van der Waals surface area contributed by atoms with Crippen LogP contribution >= 0.6 is 0 Å². The van der Waals surface area contributed by atoms with Crippen LogP contribution in [-0.4, -0.2) is 70.4 Å². The Hall–Kier alpha value is -4.76. The third-order valence-electron chi connectivity index (χ3n) is 7.21. The molecule has 4 heterocycles. The van der Waals surface area contributed by atoms with E-state index < -0.39 is 16.9 Å². The fraction of sp³-hybridized carbons (Fsp3) is 0.484. The van der Waals surface area contributed by atoms with Gasteiger partial charge in [0.25, 0.3) is 17.1 Å². The minimum Gasteiger partial charge on any atom is -0.481 e. The van der Waals surface area contributed by atoms with Gasteiger partial charge in [-0.15, -0.1) is 0 Å². The summed E-state index contributed by atoms with van der Waals surface area (Å²) in [6.45, 7) is 5.14. The van der Waals surface area contributed by atoms with E-state index >= 15 is 0 Å². The first-order valence-electron chi connectivity index (χ1n) is 14.8. The molecule has 1 aliphatic rings. The van der Waals surface area contributed by atoms with E-state index in [9.17, 15) is 19.2 Å². The molecule has 46 heavy (non-hydrogen) atoms. The van der Waals surface area contributed by atoms with Crippen LogP contribution in [0.1, 0.15) is 45.2 Å². The SMILES string of the molecule is C.CCOC1=Nc2c(c(=O)n(CCCO)c(=O)n2C)C1.CCOc1nc2c(c(=O)n(CCCO)c(=O)n2C)n1Cc1ccccc1. The summed E-state index contributed by atoms with van der Waals surface area (Å²) in [7, 11) is 3.16. The monoisotopic (exact) mass is 641 g/mol. The van der Waals surface area contributed by atoms with Gasteiger partial charge in [-0.05, 0) is 32.3 Å². The zero-order valence-electron chi connectivity index (χ0n) is 25.9. The van der Waals surface area contributed by atoms with E-state index in [-0.39, 0.29) is 39.3 Å². The summed E-state index contributed by atoms with van der Waals surface area (Å²) >= 11 is 0. The Morgan fingerprint density at radius 3 is 1.98 bits per heavy atom. The van der Waals surface area contributed by atoms with Crippen LogP contribution in [0.2, 0.25) is 0 Å². The van der Waals surface area contributed by atoms with Gasteiger partial charge < -0.3 is 19.7 Å². The summed E-state index contributed by atoms with van der Waals surface area (Å²) in [5, 5.41) is 17.9. The van der Waals surface area contributed by atoms with Crippen LogP contribution in [-0.2, 0) is 44.9 Å². The second-order valence-corrected chi connectivity index (χ2v) is 10.2. The van der Waals surface area contributed by atoms with E-state index in [4.69, 9.17) is 19.7 Å². The number of nitrogens with zero attached hydrogens (tertiary/aromatic N) is 7. The molecule has 0 atom stereocenters. The van der Waals surface area contributed by atoms with Crippen molar-refractivity contribution < 1.29 is 19.7 Å². The molecule has 0 bridgehead atoms. The van der Waals surface area contributed by atoms with Crippen LogP contribution < -0.4 is 27.2 Å². The van der Waals surface area contributed by atoms with Crippen molar-refractivity contribution in [3.8, 4) is 6.01 Å². The summed E-state index contributed by atoms with van der Waals surface area (Å²) in [5.41, 5.74) is 0.432. The molecule has 1 aliphatic heterocycles. The lowest BCUT2D eigenvalue weighted by Crippen LogP contribution is -2.40. The number of hydrogen-bond donors (Lipinski definition) is 2. The van der Waals surface area contributed by atoms with Crippen LogP contribution in [0.15, 0.2) is 54.5 Å². The van der Waals surface area contributed by atoms with Gasteiger partial charge >= 0.3 is 11.4 Å². The molecule has 0 radical (unpaired) electrons. The second kappa shape index (κ2) is 16.0. The summed E-state index contributed by atoms with van der Waals surface area (Å²) in [5.74, 6) is 0.836. The third kappa shape index (κ3) is 7.21. The smallest absolute Gasteiger partial charge is 0.332 e. The highest BCUT2D eigenvalue weighted by Gasteiger charge is 2.25. The maximum Gasteiger partial charge on any atom is 0.332 e. The van der Waals surface area contributed by atoms with Crippen molar-refractivity contribution in [2.24, 2.45) is 19.1 Å². The number of aliphatic hydroxyl groups is 2. The lowest BCUT2D eigenvalue weighted by molar-refractivity contribution is 0.277. The largest absolute Gasteiger partial charge is 0.481 e. The van der Waals surface area contributed by atoms with E-state index in [1.165, 1.54) is 9.13 Å². The Balaban J connectivity index is 0.000000257. The Morgan fingerprint density at radius 1 is 0.804 bits per heavy atom. The Bertz CT molecular complexity index is 1920. The van der Waals surface area contributed by atoms with Crippen molar-refractivity contribution >= 4 is 22.9 Å².